The van der Waals surface area contributed by atoms with Crippen LogP contribution in [0.1, 0.15) is 17.5 Å². The zero-order valence-corrected chi connectivity index (χ0v) is 10.6. The summed E-state index contributed by atoms with van der Waals surface area (Å²) >= 11 is 3.50. The van der Waals surface area contributed by atoms with Crippen LogP contribution in [0.5, 0.6) is 0 Å². The molecule has 1 aromatic rings. The van der Waals surface area contributed by atoms with Gasteiger partial charge in [0.2, 0.25) is 0 Å². The molecule has 1 nitrogen and oxygen atoms in total. The van der Waals surface area contributed by atoms with Crippen molar-refractivity contribution < 1.29 is 0 Å². The highest BCUT2D eigenvalue weighted by Gasteiger charge is 2.45. The summed E-state index contributed by atoms with van der Waals surface area (Å²) in [6.07, 6.45) is 1.48. The number of fused-ring (bicyclic) bond motifs is 1. The van der Waals surface area contributed by atoms with Gasteiger partial charge in [0.05, 0.1) is 0 Å². The van der Waals surface area contributed by atoms with Crippen LogP contribution in [0.4, 0.5) is 5.69 Å². The number of anilines is 1. The van der Waals surface area contributed by atoms with E-state index < -0.39 is 0 Å². The van der Waals surface area contributed by atoms with Crippen molar-refractivity contribution in [3.8, 4) is 0 Å². The number of benzene rings is 1. The molecule has 0 aromatic heterocycles. The molecule has 80 valence electrons. The second-order valence-corrected chi connectivity index (χ2v) is 5.48. The Kier molecular flexibility index (Phi) is 2.27. The molecule has 1 heterocycles. The predicted molar refractivity (Wildman–Crippen MR) is 67.6 cm³/mol. The topological polar surface area (TPSA) is 3.24 Å². The van der Waals surface area contributed by atoms with Crippen molar-refractivity contribution >= 4 is 21.6 Å². The minimum absolute atomic E-state index is 0.958. The minimum atomic E-state index is 0.958. The van der Waals surface area contributed by atoms with E-state index in [4.69, 9.17) is 0 Å². The molecule has 1 aromatic carbocycles. The molecule has 2 atom stereocenters. The monoisotopic (exact) mass is 265 g/mol. The fourth-order valence-corrected chi connectivity index (χ4v) is 3.10. The smallest absolute Gasteiger partial charge is 0.0396 e. The average molecular weight is 266 g/mol. The third-order valence-corrected chi connectivity index (χ3v) is 4.38. The minimum Gasteiger partial charge on any atom is -0.371 e. The van der Waals surface area contributed by atoms with Crippen LogP contribution in [0, 0.1) is 18.8 Å². The number of hydrogen-bond donors (Lipinski definition) is 0. The molecule has 2 fully saturated rings. The van der Waals surface area contributed by atoms with E-state index in [-0.39, 0.29) is 0 Å². The van der Waals surface area contributed by atoms with Crippen molar-refractivity contribution in [2.45, 2.75) is 18.7 Å². The summed E-state index contributed by atoms with van der Waals surface area (Å²) in [4.78, 5) is 2.56. The fourth-order valence-electron chi connectivity index (χ4n) is 2.75. The van der Waals surface area contributed by atoms with Crippen molar-refractivity contribution in [1.29, 1.82) is 0 Å². The molecular formula is C13H16BrN. The SMILES string of the molecule is Cc1cc(CBr)ccc1N1CC2CC2C1. The summed E-state index contributed by atoms with van der Waals surface area (Å²) in [5, 5.41) is 0.958. The first-order valence-electron chi connectivity index (χ1n) is 5.68. The second kappa shape index (κ2) is 3.51. The Hall–Kier alpha value is -0.500. The molecule has 0 amide bonds. The van der Waals surface area contributed by atoms with E-state index in [0.29, 0.717) is 0 Å². The van der Waals surface area contributed by atoms with Crippen molar-refractivity contribution in [1.82, 2.24) is 0 Å². The van der Waals surface area contributed by atoms with E-state index in [9.17, 15) is 0 Å². The molecule has 2 aliphatic rings. The molecular weight excluding hydrogens is 250 g/mol. The molecule has 2 unspecified atom stereocenters. The van der Waals surface area contributed by atoms with Crippen LogP contribution in [0.15, 0.2) is 18.2 Å². The third kappa shape index (κ3) is 1.69. The average Bonchev–Trinajstić information content (AvgIpc) is 2.85. The van der Waals surface area contributed by atoms with E-state index in [0.717, 1.165) is 17.2 Å². The number of nitrogens with zero attached hydrogens (tertiary/aromatic N) is 1. The molecule has 1 aliphatic carbocycles. The zero-order chi connectivity index (χ0) is 10.4. The summed E-state index contributed by atoms with van der Waals surface area (Å²) in [7, 11) is 0. The number of piperidine rings is 1. The first-order chi connectivity index (χ1) is 7.28. The lowest BCUT2D eigenvalue weighted by Gasteiger charge is -2.22. The molecule has 3 rings (SSSR count). The highest BCUT2D eigenvalue weighted by atomic mass is 79.9. The van der Waals surface area contributed by atoms with Gasteiger partial charge in [-0.3, -0.25) is 0 Å². The summed E-state index contributed by atoms with van der Waals surface area (Å²) in [5.41, 5.74) is 4.25. The number of halogens is 1. The lowest BCUT2D eigenvalue weighted by molar-refractivity contribution is 0.816. The highest BCUT2D eigenvalue weighted by Crippen LogP contribution is 2.46. The predicted octanol–water partition coefficient (Wildman–Crippen LogP) is 3.35. The zero-order valence-electron chi connectivity index (χ0n) is 9.04. The first-order valence-corrected chi connectivity index (χ1v) is 6.80. The molecule has 0 radical (unpaired) electrons. The van der Waals surface area contributed by atoms with Crippen molar-refractivity contribution in [2.75, 3.05) is 18.0 Å². The van der Waals surface area contributed by atoms with Crippen LogP contribution in [0.2, 0.25) is 0 Å². The Balaban J connectivity index is 1.85. The number of alkyl halides is 1. The van der Waals surface area contributed by atoms with Crippen LogP contribution in [-0.2, 0) is 5.33 Å². The van der Waals surface area contributed by atoms with Gasteiger partial charge in [0, 0.05) is 24.1 Å². The van der Waals surface area contributed by atoms with Gasteiger partial charge in [-0.1, -0.05) is 28.1 Å². The molecule has 0 spiro atoms. The van der Waals surface area contributed by atoms with Gasteiger partial charge in [0.1, 0.15) is 0 Å². The second-order valence-electron chi connectivity index (χ2n) is 4.92. The maximum atomic E-state index is 3.50. The third-order valence-electron chi connectivity index (χ3n) is 3.74. The lowest BCUT2D eigenvalue weighted by Crippen LogP contribution is -2.22. The largest absolute Gasteiger partial charge is 0.371 e. The Morgan fingerprint density at radius 2 is 2.07 bits per heavy atom. The van der Waals surface area contributed by atoms with Gasteiger partial charge >= 0.3 is 0 Å². The molecule has 0 bridgehead atoms. The molecule has 1 saturated heterocycles. The Morgan fingerprint density at radius 1 is 1.33 bits per heavy atom. The Morgan fingerprint density at radius 3 is 2.67 bits per heavy atom. The normalized spacial score (nSPS) is 28.0. The molecule has 1 aliphatic heterocycles. The van der Waals surface area contributed by atoms with Gasteiger partial charge in [0.15, 0.2) is 0 Å². The standard InChI is InChI=1S/C13H16BrN/c1-9-4-10(6-14)2-3-13(9)15-7-11-5-12(11)8-15/h2-4,11-12H,5-8H2,1H3. The van der Waals surface area contributed by atoms with Crippen molar-refractivity contribution in [3.05, 3.63) is 29.3 Å². The molecule has 15 heavy (non-hydrogen) atoms. The van der Waals surface area contributed by atoms with Gasteiger partial charge in [-0.2, -0.15) is 0 Å². The van der Waals surface area contributed by atoms with E-state index in [2.05, 4.69) is 46.0 Å². The maximum absolute atomic E-state index is 3.50. The summed E-state index contributed by atoms with van der Waals surface area (Å²) < 4.78 is 0. The summed E-state index contributed by atoms with van der Waals surface area (Å²) in [6, 6.07) is 6.83. The fraction of sp³-hybridized carbons (Fsp3) is 0.538. The summed E-state index contributed by atoms with van der Waals surface area (Å²) in [6.45, 7) is 4.81. The maximum Gasteiger partial charge on any atom is 0.0396 e. The molecule has 1 saturated carbocycles. The van der Waals surface area contributed by atoms with Crippen LogP contribution in [0.3, 0.4) is 0 Å². The van der Waals surface area contributed by atoms with Gasteiger partial charge in [-0.25, -0.2) is 0 Å². The van der Waals surface area contributed by atoms with Crippen LogP contribution in [0.25, 0.3) is 0 Å². The van der Waals surface area contributed by atoms with Gasteiger partial charge in [-0.15, -0.1) is 0 Å². The van der Waals surface area contributed by atoms with Gasteiger partial charge < -0.3 is 4.90 Å². The first kappa shape index (κ1) is 9.71. The van der Waals surface area contributed by atoms with Crippen LogP contribution in [-0.4, -0.2) is 13.1 Å². The number of hydrogen-bond acceptors (Lipinski definition) is 1. The molecule has 2 heteroatoms. The van der Waals surface area contributed by atoms with Crippen LogP contribution >= 0.6 is 15.9 Å². The van der Waals surface area contributed by atoms with Gasteiger partial charge in [-0.05, 0) is 42.4 Å². The van der Waals surface area contributed by atoms with E-state index in [1.54, 1.807) is 0 Å². The van der Waals surface area contributed by atoms with Gasteiger partial charge in [0.25, 0.3) is 0 Å². The number of rotatable bonds is 2. The molecule has 0 N–H and O–H groups in total. The van der Waals surface area contributed by atoms with Crippen LogP contribution < -0.4 is 4.90 Å². The van der Waals surface area contributed by atoms with Crippen molar-refractivity contribution in [3.63, 3.8) is 0 Å². The quantitative estimate of drug-likeness (QED) is 0.742. The number of aryl methyl sites for hydroxylation is 1. The van der Waals surface area contributed by atoms with E-state index in [1.807, 2.05) is 0 Å². The lowest BCUT2D eigenvalue weighted by atomic mass is 10.1. The summed E-state index contributed by atoms with van der Waals surface area (Å²) in [5.74, 6) is 2.03. The highest BCUT2D eigenvalue weighted by molar-refractivity contribution is 9.08. The van der Waals surface area contributed by atoms with E-state index in [1.165, 1.54) is 36.3 Å². The van der Waals surface area contributed by atoms with E-state index >= 15 is 0 Å². The Bertz CT molecular complexity index is 378. The van der Waals surface area contributed by atoms with Crippen molar-refractivity contribution in [2.24, 2.45) is 11.8 Å². The Labute approximate surface area is 99.6 Å².